The van der Waals surface area contributed by atoms with Crippen LogP contribution < -0.4 is 10.5 Å². The van der Waals surface area contributed by atoms with Gasteiger partial charge in [0.25, 0.3) is 5.56 Å². The second-order valence-electron chi connectivity index (χ2n) is 6.43. The van der Waals surface area contributed by atoms with Gasteiger partial charge in [0, 0.05) is 44.0 Å². The van der Waals surface area contributed by atoms with E-state index >= 15 is 0 Å². The molecular formula is C17H23N5O. The second-order valence-corrected chi connectivity index (χ2v) is 6.43. The standard InChI is InChI=1S/C17H23N5O/c1-13(2)17-19-8-3-15(20-17)21-9-5-14(6-10-21)11-22-12-18-7-4-16(22)23/h3-4,7-8,12-14H,5-6,9-11H2,1-2H3. The average Bonchev–Trinajstić information content (AvgIpc) is 2.58. The van der Waals surface area contributed by atoms with Crippen molar-refractivity contribution in [2.75, 3.05) is 18.0 Å². The molecule has 0 aliphatic carbocycles. The maximum Gasteiger partial charge on any atom is 0.253 e. The first-order valence-electron chi connectivity index (χ1n) is 8.22. The Hall–Kier alpha value is -2.24. The lowest BCUT2D eigenvalue weighted by Gasteiger charge is -2.33. The van der Waals surface area contributed by atoms with Gasteiger partial charge in [0.2, 0.25) is 0 Å². The molecule has 122 valence electrons. The van der Waals surface area contributed by atoms with Crippen molar-refractivity contribution in [1.82, 2.24) is 19.5 Å². The van der Waals surface area contributed by atoms with Gasteiger partial charge in [-0.1, -0.05) is 13.8 Å². The smallest absolute Gasteiger partial charge is 0.253 e. The van der Waals surface area contributed by atoms with Gasteiger partial charge in [0.15, 0.2) is 0 Å². The molecule has 2 aromatic rings. The highest BCUT2D eigenvalue weighted by Crippen LogP contribution is 2.23. The van der Waals surface area contributed by atoms with Crippen LogP contribution in [0.25, 0.3) is 0 Å². The molecule has 0 saturated carbocycles. The van der Waals surface area contributed by atoms with Crippen LogP contribution in [0.15, 0.2) is 35.6 Å². The molecule has 0 N–H and O–H groups in total. The topological polar surface area (TPSA) is 63.9 Å². The van der Waals surface area contributed by atoms with Gasteiger partial charge in [0.1, 0.15) is 11.6 Å². The normalized spacial score (nSPS) is 16.0. The van der Waals surface area contributed by atoms with E-state index in [0.717, 1.165) is 44.1 Å². The molecule has 0 unspecified atom stereocenters. The lowest BCUT2D eigenvalue weighted by atomic mass is 9.96. The summed E-state index contributed by atoms with van der Waals surface area (Å²) in [6.07, 6.45) is 7.14. The Labute approximate surface area is 136 Å². The second kappa shape index (κ2) is 6.89. The van der Waals surface area contributed by atoms with Crippen LogP contribution in [0.2, 0.25) is 0 Å². The van der Waals surface area contributed by atoms with Gasteiger partial charge < -0.3 is 4.90 Å². The summed E-state index contributed by atoms with van der Waals surface area (Å²) < 4.78 is 1.71. The predicted molar refractivity (Wildman–Crippen MR) is 89.6 cm³/mol. The minimum absolute atomic E-state index is 0.0276. The number of piperidine rings is 1. The van der Waals surface area contributed by atoms with Crippen LogP contribution >= 0.6 is 0 Å². The molecule has 3 heterocycles. The molecule has 23 heavy (non-hydrogen) atoms. The van der Waals surface area contributed by atoms with E-state index in [9.17, 15) is 4.79 Å². The van der Waals surface area contributed by atoms with Crippen LogP contribution in [-0.4, -0.2) is 32.6 Å². The molecule has 1 aliphatic heterocycles. The van der Waals surface area contributed by atoms with E-state index in [0.29, 0.717) is 11.8 Å². The van der Waals surface area contributed by atoms with Crippen LogP contribution in [0.5, 0.6) is 0 Å². The lowest BCUT2D eigenvalue weighted by molar-refractivity contribution is 0.350. The fourth-order valence-electron chi connectivity index (χ4n) is 2.96. The summed E-state index contributed by atoms with van der Waals surface area (Å²) in [5, 5.41) is 0. The lowest BCUT2D eigenvalue weighted by Crippen LogP contribution is -2.36. The van der Waals surface area contributed by atoms with Crippen molar-refractivity contribution in [3.8, 4) is 0 Å². The molecule has 1 fully saturated rings. The van der Waals surface area contributed by atoms with Gasteiger partial charge in [-0.05, 0) is 24.8 Å². The fraction of sp³-hybridized carbons (Fsp3) is 0.529. The monoisotopic (exact) mass is 313 g/mol. The number of rotatable bonds is 4. The fourth-order valence-corrected chi connectivity index (χ4v) is 2.96. The molecule has 1 aliphatic rings. The molecule has 0 spiro atoms. The Kier molecular flexibility index (Phi) is 4.69. The van der Waals surface area contributed by atoms with E-state index in [1.807, 2.05) is 12.3 Å². The Morgan fingerprint density at radius 1 is 1.22 bits per heavy atom. The van der Waals surface area contributed by atoms with E-state index in [-0.39, 0.29) is 5.56 Å². The summed E-state index contributed by atoms with van der Waals surface area (Å²) in [6.45, 7) is 6.90. The third kappa shape index (κ3) is 3.75. The minimum Gasteiger partial charge on any atom is -0.356 e. The van der Waals surface area contributed by atoms with Crippen LogP contribution in [-0.2, 0) is 6.54 Å². The molecule has 0 amide bonds. The highest BCUT2D eigenvalue weighted by molar-refractivity contribution is 5.38. The van der Waals surface area contributed by atoms with E-state index in [1.165, 1.54) is 6.07 Å². The molecule has 3 rings (SSSR count). The van der Waals surface area contributed by atoms with Crippen molar-refractivity contribution < 1.29 is 0 Å². The number of hydrogen-bond donors (Lipinski definition) is 0. The van der Waals surface area contributed by atoms with Gasteiger partial charge >= 0.3 is 0 Å². The summed E-state index contributed by atoms with van der Waals surface area (Å²) in [5.74, 6) is 2.76. The van der Waals surface area contributed by atoms with Crippen molar-refractivity contribution in [2.45, 2.75) is 39.2 Å². The zero-order valence-corrected chi connectivity index (χ0v) is 13.7. The maximum absolute atomic E-state index is 11.8. The number of hydrogen-bond acceptors (Lipinski definition) is 5. The third-order valence-electron chi connectivity index (χ3n) is 4.36. The van der Waals surface area contributed by atoms with Crippen LogP contribution in [0.4, 0.5) is 5.82 Å². The van der Waals surface area contributed by atoms with Crippen molar-refractivity contribution in [1.29, 1.82) is 0 Å². The highest BCUT2D eigenvalue weighted by Gasteiger charge is 2.21. The zero-order chi connectivity index (χ0) is 16.2. The third-order valence-corrected chi connectivity index (χ3v) is 4.36. The summed E-state index contributed by atoms with van der Waals surface area (Å²) >= 11 is 0. The number of aromatic nitrogens is 4. The highest BCUT2D eigenvalue weighted by atomic mass is 16.1. The summed E-state index contributed by atoms with van der Waals surface area (Å²) in [6, 6.07) is 3.50. The Bertz CT molecular complexity index is 704. The van der Waals surface area contributed by atoms with Crippen molar-refractivity contribution >= 4 is 5.82 Å². The van der Waals surface area contributed by atoms with Crippen LogP contribution in [0, 0.1) is 5.92 Å². The predicted octanol–water partition coefficient (Wildman–Crippen LogP) is 2.07. The molecule has 0 bridgehead atoms. The van der Waals surface area contributed by atoms with Crippen LogP contribution in [0.3, 0.4) is 0 Å². The van der Waals surface area contributed by atoms with Gasteiger partial charge in [0.05, 0.1) is 6.33 Å². The molecule has 0 atom stereocenters. The Balaban J connectivity index is 1.61. The van der Waals surface area contributed by atoms with Crippen molar-refractivity contribution in [3.05, 3.63) is 47.0 Å². The van der Waals surface area contributed by atoms with E-state index in [2.05, 4.69) is 33.7 Å². The number of anilines is 1. The first kappa shape index (κ1) is 15.6. The van der Waals surface area contributed by atoms with Gasteiger partial charge in [-0.15, -0.1) is 0 Å². The average molecular weight is 313 g/mol. The quantitative estimate of drug-likeness (QED) is 0.864. The van der Waals surface area contributed by atoms with Crippen LogP contribution in [0.1, 0.15) is 38.4 Å². The molecule has 6 nitrogen and oxygen atoms in total. The van der Waals surface area contributed by atoms with Gasteiger partial charge in [-0.25, -0.2) is 15.0 Å². The van der Waals surface area contributed by atoms with Gasteiger partial charge in [-0.2, -0.15) is 0 Å². The van der Waals surface area contributed by atoms with Gasteiger partial charge in [-0.3, -0.25) is 9.36 Å². The van der Waals surface area contributed by atoms with E-state index in [1.54, 1.807) is 17.1 Å². The Morgan fingerprint density at radius 3 is 2.70 bits per heavy atom. The van der Waals surface area contributed by atoms with E-state index in [4.69, 9.17) is 0 Å². The first-order valence-corrected chi connectivity index (χ1v) is 8.22. The largest absolute Gasteiger partial charge is 0.356 e. The van der Waals surface area contributed by atoms with Crippen molar-refractivity contribution in [2.24, 2.45) is 5.92 Å². The molecule has 1 saturated heterocycles. The molecule has 0 aromatic carbocycles. The molecule has 6 heteroatoms. The zero-order valence-electron chi connectivity index (χ0n) is 13.7. The molecular weight excluding hydrogens is 290 g/mol. The minimum atomic E-state index is 0.0276. The molecule has 2 aromatic heterocycles. The number of nitrogens with zero attached hydrogens (tertiary/aromatic N) is 5. The summed E-state index contributed by atoms with van der Waals surface area (Å²) in [4.78, 5) is 27.1. The summed E-state index contributed by atoms with van der Waals surface area (Å²) in [5.41, 5.74) is 0.0276. The maximum atomic E-state index is 11.8. The van der Waals surface area contributed by atoms with E-state index < -0.39 is 0 Å². The SMILES string of the molecule is CC(C)c1nccc(N2CCC(Cn3cnccc3=O)CC2)n1. The first-order chi connectivity index (χ1) is 11.1. The molecule has 0 radical (unpaired) electrons. The summed E-state index contributed by atoms with van der Waals surface area (Å²) in [7, 11) is 0. The van der Waals surface area contributed by atoms with Crippen molar-refractivity contribution in [3.63, 3.8) is 0 Å². The Morgan fingerprint density at radius 2 is 2.00 bits per heavy atom.